The summed E-state index contributed by atoms with van der Waals surface area (Å²) in [4.78, 5) is 10.7. The van der Waals surface area contributed by atoms with E-state index in [4.69, 9.17) is 20.7 Å². The van der Waals surface area contributed by atoms with Crippen molar-refractivity contribution in [3.63, 3.8) is 0 Å². The van der Waals surface area contributed by atoms with Gasteiger partial charge in [0.05, 0.1) is 13.2 Å². The number of rotatable bonds is 4. The van der Waals surface area contributed by atoms with E-state index in [2.05, 4.69) is 12.5 Å². The van der Waals surface area contributed by atoms with Crippen LogP contribution in [0.25, 0.3) is 0 Å². The number of hydrogen-bond acceptors (Lipinski definition) is 5. The molecule has 1 aromatic heterocycles. The molecule has 1 aromatic rings. The van der Waals surface area contributed by atoms with E-state index in [-0.39, 0.29) is 30.4 Å². The number of nitrogens with zero attached hydrogens (tertiary/aromatic N) is 1. The lowest BCUT2D eigenvalue weighted by Gasteiger charge is -2.39. The molecular formula is C14H15NO6S. The zero-order valence-corrected chi connectivity index (χ0v) is 12.7. The van der Waals surface area contributed by atoms with Gasteiger partial charge in [0.25, 0.3) is 0 Å². The van der Waals surface area contributed by atoms with Gasteiger partial charge < -0.3 is 14.3 Å². The smallest absolute Gasteiger partial charge is 0.371 e. The highest BCUT2D eigenvalue weighted by Crippen LogP contribution is 2.31. The second-order valence-corrected chi connectivity index (χ2v) is 6.57. The zero-order valence-electron chi connectivity index (χ0n) is 11.9. The van der Waals surface area contributed by atoms with Crippen molar-refractivity contribution in [1.82, 2.24) is 4.31 Å². The Bertz CT molecular complexity index is 757. The van der Waals surface area contributed by atoms with Crippen LogP contribution >= 0.6 is 0 Å². The number of sulfonamides is 1. The summed E-state index contributed by atoms with van der Waals surface area (Å²) in [6, 6.07) is 0.979. The maximum Gasteiger partial charge on any atom is 0.371 e. The van der Waals surface area contributed by atoms with E-state index in [1.165, 1.54) is 13.0 Å². The van der Waals surface area contributed by atoms with E-state index in [0.717, 1.165) is 10.4 Å². The topological polar surface area (TPSA) is 97.0 Å². The summed E-state index contributed by atoms with van der Waals surface area (Å²) in [6.45, 7) is 5.17. The molecule has 8 heteroatoms. The van der Waals surface area contributed by atoms with Crippen molar-refractivity contribution in [2.75, 3.05) is 19.8 Å². The van der Waals surface area contributed by atoms with E-state index in [9.17, 15) is 13.2 Å². The minimum absolute atomic E-state index is 0.0149. The molecule has 2 rings (SSSR count). The van der Waals surface area contributed by atoms with Gasteiger partial charge in [-0.25, -0.2) is 13.2 Å². The molecule has 1 saturated heterocycles. The van der Waals surface area contributed by atoms with Gasteiger partial charge in [-0.3, -0.25) is 0 Å². The Kier molecular flexibility index (Phi) is 4.15. The van der Waals surface area contributed by atoms with Crippen molar-refractivity contribution in [1.29, 1.82) is 0 Å². The molecule has 0 bridgehead atoms. The predicted molar refractivity (Wildman–Crippen MR) is 76.9 cm³/mol. The number of aryl methyl sites for hydroxylation is 1. The number of aromatic carboxylic acids is 1. The predicted octanol–water partition coefficient (Wildman–Crippen LogP) is 0.865. The van der Waals surface area contributed by atoms with E-state index in [1.807, 2.05) is 0 Å². The zero-order chi connectivity index (χ0) is 16.5. The summed E-state index contributed by atoms with van der Waals surface area (Å²) in [7, 11) is -4.05. The fraction of sp³-hybridized carbons (Fsp3) is 0.357. The second-order valence-electron chi connectivity index (χ2n) is 4.74. The summed E-state index contributed by atoms with van der Waals surface area (Å²) < 4.78 is 37.0. The van der Waals surface area contributed by atoms with Crippen LogP contribution in [0, 0.1) is 19.3 Å². The van der Waals surface area contributed by atoms with Crippen LogP contribution in [0.1, 0.15) is 16.3 Å². The average Bonchev–Trinajstić information content (AvgIpc) is 2.90. The van der Waals surface area contributed by atoms with Crippen LogP contribution in [0.5, 0.6) is 0 Å². The van der Waals surface area contributed by atoms with Crippen LogP contribution in [-0.4, -0.2) is 49.1 Å². The van der Waals surface area contributed by atoms with Gasteiger partial charge in [0, 0.05) is 12.6 Å². The number of carboxylic acid groups (broad SMARTS) is 1. The van der Waals surface area contributed by atoms with Crippen molar-refractivity contribution >= 4 is 16.0 Å². The normalized spacial score (nSPS) is 22.9. The van der Waals surface area contributed by atoms with Gasteiger partial charge in [-0.1, -0.05) is 12.0 Å². The van der Waals surface area contributed by atoms with Gasteiger partial charge in [-0.2, -0.15) is 4.31 Å². The van der Waals surface area contributed by atoms with Crippen LogP contribution in [0.4, 0.5) is 0 Å². The second kappa shape index (κ2) is 5.61. The molecule has 1 fully saturated rings. The summed E-state index contributed by atoms with van der Waals surface area (Å²) in [5.74, 6) is 0.586. The largest absolute Gasteiger partial charge is 0.475 e. The molecule has 2 heterocycles. The van der Waals surface area contributed by atoms with Gasteiger partial charge in [-0.05, 0) is 6.92 Å². The number of hydrogen-bond donors (Lipinski definition) is 1. The molecule has 0 spiro atoms. The van der Waals surface area contributed by atoms with E-state index >= 15 is 0 Å². The number of ether oxygens (including phenoxy) is 1. The van der Waals surface area contributed by atoms with E-state index in [1.54, 1.807) is 0 Å². The molecule has 1 N–H and O–H groups in total. The third-order valence-electron chi connectivity index (χ3n) is 3.44. The molecule has 1 aliphatic heterocycles. The van der Waals surface area contributed by atoms with Crippen LogP contribution in [0.3, 0.4) is 0 Å². The molecule has 1 aliphatic rings. The lowest BCUT2D eigenvalue weighted by molar-refractivity contribution is 0.0226. The molecule has 118 valence electrons. The Hall–Kier alpha value is -2.08. The van der Waals surface area contributed by atoms with Crippen molar-refractivity contribution in [2.24, 2.45) is 0 Å². The highest BCUT2D eigenvalue weighted by molar-refractivity contribution is 7.89. The lowest BCUT2D eigenvalue weighted by atomic mass is 10.0. The number of carbonyl (C=O) groups is 1. The maximum atomic E-state index is 12.9. The molecule has 1 atom stereocenters. The van der Waals surface area contributed by atoms with Gasteiger partial charge in [0.1, 0.15) is 16.2 Å². The first-order valence-electron chi connectivity index (χ1n) is 6.34. The van der Waals surface area contributed by atoms with Crippen LogP contribution in [0.2, 0.25) is 0 Å². The first-order chi connectivity index (χ1) is 10.3. The third kappa shape index (κ3) is 2.43. The highest BCUT2D eigenvalue weighted by Gasteiger charge is 2.44. The summed E-state index contributed by atoms with van der Waals surface area (Å²) in [6.07, 6.45) is 6.81. The molecule has 22 heavy (non-hydrogen) atoms. The maximum absolute atomic E-state index is 12.9. The Morgan fingerprint density at radius 1 is 1.64 bits per heavy atom. The fourth-order valence-electron chi connectivity index (χ4n) is 2.26. The Balaban J connectivity index is 2.56. The fourth-order valence-corrected chi connectivity index (χ4v) is 4.08. The van der Waals surface area contributed by atoms with Gasteiger partial charge in [-0.15, -0.1) is 13.0 Å². The Morgan fingerprint density at radius 3 is 2.82 bits per heavy atom. The third-order valence-corrected chi connectivity index (χ3v) is 5.49. The molecule has 0 radical (unpaired) electrons. The van der Waals surface area contributed by atoms with Crippen molar-refractivity contribution in [3.8, 4) is 12.3 Å². The van der Waals surface area contributed by atoms with Gasteiger partial charge >= 0.3 is 5.97 Å². The number of carboxylic acids is 1. The molecule has 0 aromatic carbocycles. The highest BCUT2D eigenvalue weighted by atomic mass is 32.2. The van der Waals surface area contributed by atoms with Crippen LogP contribution < -0.4 is 0 Å². The van der Waals surface area contributed by atoms with Gasteiger partial charge in [0.15, 0.2) is 0 Å². The SMILES string of the molecule is C#CC1(C=C)COCCN1S(=O)(=O)c1cc(C(=O)O)oc1C. The Labute approximate surface area is 128 Å². The molecule has 0 saturated carbocycles. The minimum Gasteiger partial charge on any atom is -0.475 e. The van der Waals surface area contributed by atoms with Crippen LogP contribution in [0.15, 0.2) is 28.0 Å². The van der Waals surface area contributed by atoms with Gasteiger partial charge in [0.2, 0.25) is 15.8 Å². The Morgan fingerprint density at radius 2 is 2.32 bits per heavy atom. The van der Waals surface area contributed by atoms with Crippen LogP contribution in [-0.2, 0) is 14.8 Å². The minimum atomic E-state index is -4.05. The number of morpholine rings is 1. The monoisotopic (exact) mass is 325 g/mol. The van der Waals surface area contributed by atoms with E-state index in [0.29, 0.717) is 0 Å². The molecule has 0 aliphatic carbocycles. The lowest BCUT2D eigenvalue weighted by Crippen LogP contribution is -2.57. The summed E-state index contributed by atoms with van der Waals surface area (Å²) >= 11 is 0. The standard InChI is InChI=1S/C14H15NO6S/c1-4-14(5-2)9-20-7-6-15(14)22(18,19)12-8-11(13(16)17)21-10(12)3/h1,5,8H,2,6-7,9H2,3H3,(H,16,17). The summed E-state index contributed by atoms with van der Waals surface area (Å²) in [5.41, 5.74) is -1.32. The van der Waals surface area contributed by atoms with Crippen molar-refractivity contribution < 1.29 is 27.5 Å². The average molecular weight is 325 g/mol. The first kappa shape index (κ1) is 16.3. The van der Waals surface area contributed by atoms with Crippen molar-refractivity contribution in [2.45, 2.75) is 17.4 Å². The molecule has 0 amide bonds. The van der Waals surface area contributed by atoms with E-state index < -0.39 is 27.3 Å². The summed E-state index contributed by atoms with van der Waals surface area (Å²) in [5, 5.41) is 8.92. The van der Waals surface area contributed by atoms with Crippen molar-refractivity contribution in [3.05, 3.63) is 30.2 Å². The molecule has 1 unspecified atom stereocenters. The number of furan rings is 1. The molecule has 7 nitrogen and oxygen atoms in total. The quantitative estimate of drug-likeness (QED) is 0.651. The first-order valence-corrected chi connectivity index (χ1v) is 7.78. The molecular weight excluding hydrogens is 310 g/mol. The number of terminal acetylenes is 1.